The molecule has 4 nitrogen and oxygen atoms in total. The minimum atomic E-state index is -0.164. The Labute approximate surface area is 108 Å². The molecule has 2 rings (SSSR count). The third-order valence-corrected chi connectivity index (χ3v) is 2.81. The van der Waals surface area contributed by atoms with E-state index in [0.29, 0.717) is 5.69 Å². The van der Waals surface area contributed by atoms with Crippen LogP contribution in [-0.4, -0.2) is 15.7 Å². The molecule has 0 saturated carbocycles. The summed E-state index contributed by atoms with van der Waals surface area (Å²) in [5.74, 6) is -0.164. The van der Waals surface area contributed by atoms with Crippen LogP contribution in [0.3, 0.4) is 0 Å². The van der Waals surface area contributed by atoms with E-state index in [4.69, 9.17) is 0 Å². The van der Waals surface area contributed by atoms with Crippen LogP contribution in [0.1, 0.15) is 16.1 Å². The monoisotopic (exact) mass is 293 g/mol. The molecule has 0 aliphatic rings. The normalized spacial score (nSPS) is 10.3. The van der Waals surface area contributed by atoms with Crippen LogP contribution < -0.4 is 5.32 Å². The number of hydrogen-bond acceptors (Lipinski definition) is 2. The van der Waals surface area contributed by atoms with E-state index in [2.05, 4.69) is 26.3 Å². The van der Waals surface area contributed by atoms with Gasteiger partial charge in [-0.05, 0) is 36.8 Å². The Kier molecular flexibility index (Phi) is 3.28. The van der Waals surface area contributed by atoms with Crippen LogP contribution in [0.4, 0.5) is 5.69 Å². The van der Waals surface area contributed by atoms with Crippen molar-refractivity contribution in [1.82, 2.24) is 9.78 Å². The first-order valence-electron chi connectivity index (χ1n) is 5.13. The Morgan fingerprint density at radius 3 is 2.76 bits per heavy atom. The van der Waals surface area contributed by atoms with E-state index < -0.39 is 0 Å². The fourth-order valence-electron chi connectivity index (χ4n) is 1.60. The number of hydrogen-bond donors (Lipinski definition) is 1. The highest BCUT2D eigenvalue weighted by Gasteiger charge is 2.10. The summed E-state index contributed by atoms with van der Waals surface area (Å²) in [6.07, 6.45) is 1.60. The van der Waals surface area contributed by atoms with Gasteiger partial charge in [0, 0.05) is 23.4 Å². The molecule has 0 saturated heterocycles. The molecule has 0 spiro atoms. The Bertz CT molecular complexity index is 542. The molecular weight excluding hydrogens is 282 g/mol. The van der Waals surface area contributed by atoms with Crippen LogP contribution in [0.2, 0.25) is 0 Å². The lowest BCUT2D eigenvalue weighted by Crippen LogP contribution is -2.16. The first-order chi connectivity index (χ1) is 8.06. The highest BCUT2D eigenvalue weighted by molar-refractivity contribution is 9.10. The van der Waals surface area contributed by atoms with E-state index in [9.17, 15) is 4.79 Å². The number of aryl methyl sites for hydroxylation is 2. The van der Waals surface area contributed by atoms with E-state index in [0.717, 1.165) is 15.7 Å². The quantitative estimate of drug-likeness (QED) is 0.925. The maximum Gasteiger partial charge on any atom is 0.273 e. The van der Waals surface area contributed by atoms with Gasteiger partial charge >= 0.3 is 0 Å². The number of benzene rings is 1. The molecule has 1 aromatic heterocycles. The molecule has 17 heavy (non-hydrogen) atoms. The number of carbonyl (C=O) groups excluding carboxylic acids is 1. The lowest BCUT2D eigenvalue weighted by Gasteiger charge is -2.07. The van der Waals surface area contributed by atoms with Crippen LogP contribution >= 0.6 is 15.9 Å². The van der Waals surface area contributed by atoms with Crippen LogP contribution in [0.15, 0.2) is 34.9 Å². The van der Waals surface area contributed by atoms with Gasteiger partial charge in [0.1, 0.15) is 5.69 Å². The van der Waals surface area contributed by atoms with E-state index in [1.54, 1.807) is 24.0 Å². The molecule has 0 bridgehead atoms. The molecular formula is C12H12BrN3O. The SMILES string of the molecule is Cc1cc(Br)cc(NC(=O)c2ccnn2C)c1. The second-order valence-corrected chi connectivity index (χ2v) is 4.73. The van der Waals surface area contributed by atoms with E-state index in [1.165, 1.54) is 0 Å². The molecule has 0 unspecified atom stereocenters. The van der Waals surface area contributed by atoms with Gasteiger partial charge < -0.3 is 5.32 Å². The highest BCUT2D eigenvalue weighted by Crippen LogP contribution is 2.19. The molecule has 1 aromatic carbocycles. The Balaban J connectivity index is 2.21. The van der Waals surface area contributed by atoms with E-state index in [1.807, 2.05) is 25.1 Å². The predicted octanol–water partition coefficient (Wildman–Crippen LogP) is 2.74. The van der Waals surface area contributed by atoms with Crippen molar-refractivity contribution in [3.63, 3.8) is 0 Å². The number of aromatic nitrogens is 2. The minimum absolute atomic E-state index is 0.164. The van der Waals surface area contributed by atoms with E-state index in [-0.39, 0.29) is 5.91 Å². The molecule has 0 radical (unpaired) electrons. The number of anilines is 1. The standard InChI is InChI=1S/C12H12BrN3O/c1-8-5-9(13)7-10(6-8)15-12(17)11-3-4-14-16(11)2/h3-7H,1-2H3,(H,15,17). The summed E-state index contributed by atoms with van der Waals surface area (Å²) >= 11 is 3.40. The molecule has 0 fully saturated rings. The molecule has 1 N–H and O–H groups in total. The van der Waals surface area contributed by atoms with Gasteiger partial charge in [0.15, 0.2) is 0 Å². The highest BCUT2D eigenvalue weighted by atomic mass is 79.9. The van der Waals surface area contributed by atoms with Gasteiger partial charge in [0.2, 0.25) is 0 Å². The maximum absolute atomic E-state index is 11.9. The second kappa shape index (κ2) is 4.71. The zero-order valence-corrected chi connectivity index (χ0v) is 11.2. The summed E-state index contributed by atoms with van der Waals surface area (Å²) in [6.45, 7) is 1.98. The van der Waals surface area contributed by atoms with Crippen molar-refractivity contribution in [1.29, 1.82) is 0 Å². The smallest absolute Gasteiger partial charge is 0.273 e. The zero-order chi connectivity index (χ0) is 12.4. The molecule has 5 heteroatoms. The number of rotatable bonds is 2. The van der Waals surface area contributed by atoms with Gasteiger partial charge in [0.05, 0.1) is 0 Å². The van der Waals surface area contributed by atoms with Gasteiger partial charge in [-0.15, -0.1) is 0 Å². The summed E-state index contributed by atoms with van der Waals surface area (Å²) in [5, 5.41) is 6.80. The number of nitrogens with one attached hydrogen (secondary N) is 1. The van der Waals surface area contributed by atoms with Gasteiger partial charge in [-0.1, -0.05) is 15.9 Å². The number of nitrogens with zero attached hydrogens (tertiary/aromatic N) is 2. The first-order valence-corrected chi connectivity index (χ1v) is 5.92. The third-order valence-electron chi connectivity index (χ3n) is 2.35. The van der Waals surface area contributed by atoms with Crippen molar-refractivity contribution in [3.05, 3.63) is 46.2 Å². The summed E-state index contributed by atoms with van der Waals surface area (Å²) < 4.78 is 2.48. The van der Waals surface area contributed by atoms with Gasteiger partial charge in [-0.3, -0.25) is 9.48 Å². The third kappa shape index (κ3) is 2.74. The molecule has 0 aliphatic heterocycles. The maximum atomic E-state index is 11.9. The van der Waals surface area contributed by atoms with Gasteiger partial charge in [-0.2, -0.15) is 5.10 Å². The van der Waals surface area contributed by atoms with Crippen LogP contribution in [0, 0.1) is 6.92 Å². The minimum Gasteiger partial charge on any atom is -0.321 e. The molecule has 1 amide bonds. The van der Waals surface area contributed by atoms with Crippen molar-refractivity contribution in [3.8, 4) is 0 Å². The summed E-state index contributed by atoms with van der Waals surface area (Å²) in [4.78, 5) is 11.9. The van der Waals surface area contributed by atoms with Crippen molar-refractivity contribution in [2.24, 2.45) is 7.05 Å². The van der Waals surface area contributed by atoms with Crippen molar-refractivity contribution >= 4 is 27.5 Å². The number of halogens is 1. The van der Waals surface area contributed by atoms with Gasteiger partial charge in [-0.25, -0.2) is 0 Å². The average molecular weight is 294 g/mol. The fraction of sp³-hybridized carbons (Fsp3) is 0.167. The lowest BCUT2D eigenvalue weighted by atomic mass is 10.2. The van der Waals surface area contributed by atoms with Crippen molar-refractivity contribution in [2.75, 3.05) is 5.32 Å². The lowest BCUT2D eigenvalue weighted by molar-refractivity contribution is 0.101. The van der Waals surface area contributed by atoms with Crippen molar-refractivity contribution < 1.29 is 4.79 Å². The van der Waals surface area contributed by atoms with Crippen LogP contribution in [0.25, 0.3) is 0 Å². The van der Waals surface area contributed by atoms with Crippen molar-refractivity contribution in [2.45, 2.75) is 6.92 Å². The Hall–Kier alpha value is -1.62. The first kappa shape index (κ1) is 11.9. The summed E-state index contributed by atoms with van der Waals surface area (Å²) in [5.41, 5.74) is 2.38. The Morgan fingerprint density at radius 1 is 1.41 bits per heavy atom. The number of carbonyl (C=O) groups is 1. The summed E-state index contributed by atoms with van der Waals surface area (Å²) in [7, 11) is 1.74. The number of amides is 1. The van der Waals surface area contributed by atoms with E-state index >= 15 is 0 Å². The zero-order valence-electron chi connectivity index (χ0n) is 9.57. The Morgan fingerprint density at radius 2 is 2.18 bits per heavy atom. The summed E-state index contributed by atoms with van der Waals surface area (Å²) in [6, 6.07) is 7.44. The predicted molar refractivity (Wildman–Crippen MR) is 70.0 cm³/mol. The van der Waals surface area contributed by atoms with Crippen LogP contribution in [-0.2, 0) is 7.05 Å². The average Bonchev–Trinajstić information content (AvgIpc) is 2.62. The largest absolute Gasteiger partial charge is 0.321 e. The van der Waals surface area contributed by atoms with Crippen LogP contribution in [0.5, 0.6) is 0 Å². The van der Waals surface area contributed by atoms with Gasteiger partial charge in [0.25, 0.3) is 5.91 Å². The molecule has 88 valence electrons. The molecule has 1 heterocycles. The topological polar surface area (TPSA) is 46.9 Å². The molecule has 0 aliphatic carbocycles. The molecule has 2 aromatic rings. The fourth-order valence-corrected chi connectivity index (χ4v) is 2.21. The second-order valence-electron chi connectivity index (χ2n) is 3.81. The molecule has 0 atom stereocenters.